The minimum atomic E-state index is 0.450. The summed E-state index contributed by atoms with van der Waals surface area (Å²) in [5.74, 6) is 3.98. The van der Waals surface area contributed by atoms with Gasteiger partial charge in [-0.05, 0) is 65.5 Å². The Morgan fingerprint density at radius 3 is 2.66 bits per heavy atom. The van der Waals surface area contributed by atoms with Gasteiger partial charge in [-0.2, -0.15) is 0 Å². The Bertz CT molecular complexity index is 1490. The molecule has 0 atom stereocenters. The van der Waals surface area contributed by atoms with Crippen molar-refractivity contribution in [3.8, 4) is 16.9 Å². The third-order valence-corrected chi connectivity index (χ3v) is 6.54. The quantitative estimate of drug-likeness (QED) is 0.260. The van der Waals surface area contributed by atoms with Gasteiger partial charge in [-0.1, -0.05) is 5.16 Å². The van der Waals surface area contributed by atoms with Crippen LogP contribution in [-0.4, -0.2) is 39.6 Å². The normalized spacial score (nSPS) is 15.1. The van der Waals surface area contributed by atoms with Crippen molar-refractivity contribution < 1.29 is 9.26 Å². The van der Waals surface area contributed by atoms with Gasteiger partial charge < -0.3 is 25.3 Å². The first-order valence-corrected chi connectivity index (χ1v) is 11.9. The van der Waals surface area contributed by atoms with Crippen molar-refractivity contribution in [1.29, 1.82) is 0 Å². The predicted octanol–water partition coefficient (Wildman–Crippen LogP) is 5.17. The summed E-state index contributed by atoms with van der Waals surface area (Å²) in [5, 5.41) is 9.41. The first kappa shape index (κ1) is 22.9. The van der Waals surface area contributed by atoms with E-state index >= 15 is 0 Å². The Hall–Kier alpha value is -3.88. The summed E-state index contributed by atoms with van der Waals surface area (Å²) in [7, 11) is 1.67. The summed E-state index contributed by atoms with van der Waals surface area (Å²) in [5.41, 5.74) is 12.6. The Morgan fingerprint density at radius 1 is 1.26 bits per heavy atom. The third kappa shape index (κ3) is 4.00. The van der Waals surface area contributed by atoms with Crippen LogP contribution in [0.4, 0.5) is 5.82 Å². The number of amidine groups is 1. The van der Waals surface area contributed by atoms with Crippen LogP contribution in [0.25, 0.3) is 33.1 Å². The van der Waals surface area contributed by atoms with Crippen molar-refractivity contribution in [2.75, 3.05) is 19.0 Å². The summed E-state index contributed by atoms with van der Waals surface area (Å²) in [6.45, 7) is 10.4. The maximum atomic E-state index is 6.44. The van der Waals surface area contributed by atoms with Crippen molar-refractivity contribution in [2.24, 2.45) is 16.6 Å². The molecule has 5 rings (SSSR count). The van der Waals surface area contributed by atoms with Gasteiger partial charge in [-0.3, -0.25) is 4.99 Å². The van der Waals surface area contributed by atoms with E-state index in [4.69, 9.17) is 25.0 Å². The number of fused-ring (bicyclic) bond motifs is 3. The van der Waals surface area contributed by atoms with Crippen molar-refractivity contribution in [1.82, 2.24) is 20.1 Å². The van der Waals surface area contributed by atoms with Crippen LogP contribution in [0.15, 0.2) is 32.9 Å². The number of rotatable bonds is 6. The van der Waals surface area contributed by atoms with Crippen molar-refractivity contribution >= 4 is 33.6 Å². The van der Waals surface area contributed by atoms with Crippen molar-refractivity contribution in [3.05, 3.63) is 40.7 Å². The fraction of sp³-hybridized carbons (Fsp3) is 0.385. The summed E-state index contributed by atoms with van der Waals surface area (Å²) >= 11 is 0. The molecule has 3 aromatic heterocycles. The van der Waals surface area contributed by atoms with Crippen LogP contribution < -0.4 is 15.8 Å². The number of aliphatic imine (C=N–C) groups is 1. The largest absolute Gasteiger partial charge is 0.496 e. The smallest absolute Gasteiger partial charge is 0.145 e. The zero-order valence-electron chi connectivity index (χ0n) is 21.0. The van der Waals surface area contributed by atoms with E-state index in [1.165, 1.54) is 0 Å². The van der Waals surface area contributed by atoms with Gasteiger partial charge >= 0.3 is 0 Å². The van der Waals surface area contributed by atoms with Crippen LogP contribution in [0, 0.1) is 26.7 Å². The molecule has 1 aliphatic rings. The fourth-order valence-corrected chi connectivity index (χ4v) is 4.62. The van der Waals surface area contributed by atoms with Gasteiger partial charge in [-0.15, -0.1) is 0 Å². The molecule has 4 N–H and O–H groups in total. The summed E-state index contributed by atoms with van der Waals surface area (Å²) in [6, 6.07) is 4.07. The van der Waals surface area contributed by atoms with Crippen molar-refractivity contribution in [3.63, 3.8) is 0 Å². The lowest BCUT2D eigenvalue weighted by molar-refractivity contribution is 0.393. The minimum Gasteiger partial charge on any atom is -0.496 e. The van der Waals surface area contributed by atoms with E-state index < -0.39 is 0 Å². The summed E-state index contributed by atoms with van der Waals surface area (Å²) in [6.07, 6.45) is 2.27. The van der Waals surface area contributed by atoms with Gasteiger partial charge in [-0.25, -0.2) is 9.97 Å². The van der Waals surface area contributed by atoms with Crippen molar-refractivity contribution in [2.45, 2.75) is 47.5 Å². The van der Waals surface area contributed by atoms with E-state index in [-0.39, 0.29) is 0 Å². The molecule has 1 aliphatic carbocycles. The lowest BCUT2D eigenvalue weighted by Crippen LogP contribution is -2.20. The molecule has 0 saturated heterocycles. The number of methoxy groups -OCH3 is 1. The summed E-state index contributed by atoms with van der Waals surface area (Å²) in [4.78, 5) is 17.6. The van der Waals surface area contributed by atoms with E-state index in [2.05, 4.69) is 26.5 Å². The second-order valence-electron chi connectivity index (χ2n) is 9.07. The second-order valence-corrected chi connectivity index (χ2v) is 9.07. The molecule has 0 radical (unpaired) electrons. The molecule has 9 heteroatoms. The molecule has 0 amide bonds. The monoisotopic (exact) mass is 473 g/mol. The number of aromatic amines is 1. The Morgan fingerprint density at radius 2 is 2.03 bits per heavy atom. The molecular formula is C26H31N7O2. The molecule has 1 fully saturated rings. The van der Waals surface area contributed by atoms with E-state index in [0.717, 1.165) is 80.2 Å². The van der Waals surface area contributed by atoms with Gasteiger partial charge in [0, 0.05) is 34.3 Å². The van der Waals surface area contributed by atoms with Crippen LogP contribution in [0.3, 0.4) is 0 Å². The predicted molar refractivity (Wildman–Crippen MR) is 139 cm³/mol. The highest BCUT2D eigenvalue weighted by Crippen LogP contribution is 2.41. The van der Waals surface area contributed by atoms with E-state index in [1.54, 1.807) is 7.11 Å². The zero-order valence-corrected chi connectivity index (χ0v) is 21.0. The highest BCUT2D eigenvalue weighted by atomic mass is 16.5. The van der Waals surface area contributed by atoms with Gasteiger partial charge in [0.05, 0.1) is 23.8 Å². The molecule has 4 aromatic rings. The zero-order chi connectivity index (χ0) is 24.9. The Kier molecular flexibility index (Phi) is 5.70. The van der Waals surface area contributed by atoms with E-state index in [1.807, 2.05) is 40.7 Å². The summed E-state index contributed by atoms with van der Waals surface area (Å²) < 4.78 is 11.2. The molecule has 0 spiro atoms. The number of aromatic nitrogens is 4. The van der Waals surface area contributed by atoms with Crippen LogP contribution in [0.5, 0.6) is 5.75 Å². The number of H-pyrrole nitrogens is 1. The molecule has 0 aliphatic heterocycles. The number of hydrogen-bond donors (Lipinski definition) is 3. The average molecular weight is 474 g/mol. The van der Waals surface area contributed by atoms with Crippen LogP contribution >= 0.6 is 0 Å². The van der Waals surface area contributed by atoms with Crippen LogP contribution in [0.1, 0.15) is 44.0 Å². The molecular weight excluding hydrogens is 442 g/mol. The number of ether oxygens (including phenoxy) is 1. The minimum absolute atomic E-state index is 0.450. The molecule has 182 valence electrons. The molecule has 1 saturated carbocycles. The van der Waals surface area contributed by atoms with Gasteiger partial charge in [0.15, 0.2) is 0 Å². The first-order chi connectivity index (χ1) is 16.8. The molecule has 0 unspecified atom stereocenters. The van der Waals surface area contributed by atoms with Gasteiger partial charge in [0.2, 0.25) is 0 Å². The van der Waals surface area contributed by atoms with E-state index in [9.17, 15) is 0 Å². The fourth-order valence-electron chi connectivity index (χ4n) is 4.62. The number of hydrogen-bond acceptors (Lipinski definition) is 7. The molecule has 1 aromatic carbocycles. The van der Waals surface area contributed by atoms with Gasteiger partial charge in [0.25, 0.3) is 0 Å². The Balaban J connectivity index is 1.70. The topological polar surface area (TPSA) is 127 Å². The maximum absolute atomic E-state index is 6.44. The van der Waals surface area contributed by atoms with Crippen LogP contribution in [-0.2, 0) is 0 Å². The number of benzene rings is 1. The lowest BCUT2D eigenvalue weighted by Gasteiger charge is -2.14. The first-order valence-electron chi connectivity index (χ1n) is 11.9. The third-order valence-electron chi connectivity index (χ3n) is 6.54. The molecule has 3 heterocycles. The lowest BCUT2D eigenvalue weighted by atomic mass is 10.0. The highest BCUT2D eigenvalue weighted by molar-refractivity contribution is 6.17. The second kappa shape index (κ2) is 8.72. The number of allylic oxidation sites excluding steroid dienone is 1. The number of nitrogens with one attached hydrogen (secondary N) is 2. The SMILES string of the molecule is CCN=C(Nc1nc(C)nc2[nH]c3cc(-c4c(C)noc4C)c(OC)cc3c12)C(C)=C(N)C1CC1. The maximum Gasteiger partial charge on any atom is 0.145 e. The van der Waals surface area contributed by atoms with Crippen LogP contribution in [0.2, 0.25) is 0 Å². The number of nitrogens with zero attached hydrogens (tertiary/aromatic N) is 4. The number of anilines is 1. The van der Waals surface area contributed by atoms with E-state index in [0.29, 0.717) is 24.1 Å². The number of nitrogens with two attached hydrogens (primary N) is 1. The van der Waals surface area contributed by atoms with Gasteiger partial charge in [0.1, 0.15) is 34.6 Å². The number of aryl methyl sites for hydroxylation is 3. The standard InChI is InChI=1S/C26H31N7O2/c1-7-28-24(12(2)23(27)16-8-9-16)32-26-22-17-11-20(34-6)18(21-13(3)33-35-14(21)4)10-19(17)31-25(22)29-15(5)30-26/h10-11,16H,7-9,27H2,1-6H3,(H2,28,29,30,31,32). The Labute approximate surface area is 203 Å². The molecule has 9 nitrogen and oxygen atoms in total. The molecule has 35 heavy (non-hydrogen) atoms. The molecule has 0 bridgehead atoms. The highest BCUT2D eigenvalue weighted by Gasteiger charge is 2.27. The average Bonchev–Trinajstić information content (AvgIpc) is 3.54.